The minimum absolute atomic E-state index is 0.201. The average Bonchev–Trinajstić information content (AvgIpc) is 2.21. The summed E-state index contributed by atoms with van der Waals surface area (Å²) in [5.41, 5.74) is 0. The lowest BCUT2D eigenvalue weighted by Gasteiger charge is -2.20. The molecule has 2 rings (SSSR count). The number of halogens is 1. The van der Waals surface area contributed by atoms with Gasteiger partial charge in [-0.15, -0.1) is 0 Å². The molecular formula is C6H10ClO2PS. The first-order chi connectivity index (χ1) is 5.17. The van der Waals surface area contributed by atoms with Crippen molar-refractivity contribution in [3.63, 3.8) is 0 Å². The number of fused-ring (bicyclic) bond motifs is 1. The van der Waals surface area contributed by atoms with Crippen LogP contribution in [0.3, 0.4) is 0 Å². The first-order valence-corrected chi connectivity index (χ1v) is 7.38. The molecule has 1 saturated heterocycles. The zero-order chi connectivity index (χ0) is 7.90. The van der Waals surface area contributed by atoms with E-state index in [0.29, 0.717) is 0 Å². The highest BCUT2D eigenvalue weighted by molar-refractivity contribution is 8.22. The van der Waals surface area contributed by atoms with Gasteiger partial charge in [-0.1, -0.05) is 12.8 Å². The molecule has 2 atom stereocenters. The largest absolute Gasteiger partial charge is 0.312 e. The monoisotopic (exact) mass is 212 g/mol. The summed E-state index contributed by atoms with van der Waals surface area (Å²) in [4.78, 5) is 0. The van der Waals surface area contributed by atoms with Crippen molar-refractivity contribution in [3.05, 3.63) is 0 Å². The van der Waals surface area contributed by atoms with Gasteiger partial charge in [-0.25, -0.2) is 0 Å². The predicted octanol–water partition coefficient (Wildman–Crippen LogP) is 2.81. The molecule has 0 radical (unpaired) electrons. The van der Waals surface area contributed by atoms with E-state index in [0.717, 1.165) is 12.8 Å². The molecule has 2 unspecified atom stereocenters. The fourth-order valence-corrected chi connectivity index (χ4v) is 4.11. The number of hydrogen-bond acceptors (Lipinski definition) is 3. The average molecular weight is 213 g/mol. The Labute approximate surface area is 76.2 Å². The van der Waals surface area contributed by atoms with Crippen LogP contribution in [0.1, 0.15) is 25.7 Å². The van der Waals surface area contributed by atoms with Crippen molar-refractivity contribution in [2.45, 2.75) is 37.9 Å². The molecule has 5 heteroatoms. The van der Waals surface area contributed by atoms with E-state index in [4.69, 9.17) is 32.1 Å². The third-order valence-electron chi connectivity index (χ3n) is 2.16. The van der Waals surface area contributed by atoms with E-state index in [9.17, 15) is 0 Å². The molecule has 2 nitrogen and oxygen atoms in total. The van der Waals surface area contributed by atoms with E-state index in [1.807, 2.05) is 0 Å². The summed E-state index contributed by atoms with van der Waals surface area (Å²) in [6.45, 7) is 0. The number of rotatable bonds is 0. The summed E-state index contributed by atoms with van der Waals surface area (Å²) in [5, 5.41) is 0. The minimum atomic E-state index is -2.34. The minimum Gasteiger partial charge on any atom is -0.312 e. The van der Waals surface area contributed by atoms with Crippen molar-refractivity contribution in [3.8, 4) is 0 Å². The Balaban J connectivity index is 2.09. The first-order valence-electron chi connectivity index (χ1n) is 3.84. The molecule has 11 heavy (non-hydrogen) atoms. The van der Waals surface area contributed by atoms with Crippen molar-refractivity contribution in [1.29, 1.82) is 0 Å². The van der Waals surface area contributed by atoms with Crippen molar-refractivity contribution >= 4 is 28.9 Å². The van der Waals surface area contributed by atoms with E-state index in [1.54, 1.807) is 0 Å². The summed E-state index contributed by atoms with van der Waals surface area (Å²) in [7, 11) is 0. The molecule has 1 saturated carbocycles. The van der Waals surface area contributed by atoms with Crippen LogP contribution in [0, 0.1) is 0 Å². The van der Waals surface area contributed by atoms with E-state index in [-0.39, 0.29) is 12.2 Å². The molecule has 0 aromatic heterocycles. The van der Waals surface area contributed by atoms with Crippen molar-refractivity contribution < 1.29 is 9.05 Å². The topological polar surface area (TPSA) is 18.5 Å². The zero-order valence-corrected chi connectivity index (χ0v) is 8.50. The summed E-state index contributed by atoms with van der Waals surface area (Å²) in [5.74, 6) is -2.34. The lowest BCUT2D eigenvalue weighted by atomic mass is 9.95. The van der Waals surface area contributed by atoms with Gasteiger partial charge in [0.2, 0.25) is 0 Å². The first kappa shape index (κ1) is 8.46. The maximum absolute atomic E-state index is 5.82. The van der Waals surface area contributed by atoms with Gasteiger partial charge in [0.1, 0.15) is 0 Å². The molecule has 0 aromatic carbocycles. The van der Waals surface area contributed by atoms with Gasteiger partial charge in [0.05, 0.1) is 12.2 Å². The second-order valence-corrected chi connectivity index (χ2v) is 7.66. The molecule has 2 fully saturated rings. The summed E-state index contributed by atoms with van der Waals surface area (Å²) in [6.07, 6.45) is 4.97. The molecule has 0 amide bonds. The van der Waals surface area contributed by atoms with Crippen molar-refractivity contribution in [2.24, 2.45) is 0 Å². The molecule has 1 aliphatic heterocycles. The third kappa shape index (κ3) is 1.78. The van der Waals surface area contributed by atoms with Gasteiger partial charge in [0, 0.05) is 0 Å². The van der Waals surface area contributed by atoms with Crippen LogP contribution < -0.4 is 0 Å². The van der Waals surface area contributed by atoms with E-state index in [2.05, 4.69) is 0 Å². The second kappa shape index (κ2) is 2.97. The van der Waals surface area contributed by atoms with Crippen LogP contribution in [0.15, 0.2) is 0 Å². The Kier molecular flexibility index (Phi) is 2.28. The molecule has 64 valence electrons. The van der Waals surface area contributed by atoms with E-state index < -0.39 is 5.84 Å². The van der Waals surface area contributed by atoms with E-state index in [1.165, 1.54) is 12.8 Å². The van der Waals surface area contributed by atoms with Crippen LogP contribution in [0.25, 0.3) is 0 Å². The highest BCUT2D eigenvalue weighted by Crippen LogP contribution is 2.63. The summed E-state index contributed by atoms with van der Waals surface area (Å²) >= 11 is 10.8. The summed E-state index contributed by atoms with van der Waals surface area (Å²) < 4.78 is 10.8. The van der Waals surface area contributed by atoms with Crippen LogP contribution in [0.2, 0.25) is 0 Å². The second-order valence-electron chi connectivity index (χ2n) is 3.00. The van der Waals surface area contributed by atoms with Gasteiger partial charge in [-0.2, -0.15) is 0 Å². The molecule has 0 spiro atoms. The fourth-order valence-electron chi connectivity index (χ4n) is 1.65. The Morgan fingerprint density at radius 2 is 1.64 bits per heavy atom. The Bertz CT molecular complexity index is 193. The number of hydrogen-bond donors (Lipinski definition) is 0. The van der Waals surface area contributed by atoms with E-state index >= 15 is 0 Å². The Hall–Kier alpha value is 0.860. The van der Waals surface area contributed by atoms with Gasteiger partial charge < -0.3 is 9.05 Å². The molecule has 1 aliphatic carbocycles. The normalized spacial score (nSPS) is 50.6. The molecule has 0 N–H and O–H groups in total. The van der Waals surface area contributed by atoms with Crippen LogP contribution >= 0.6 is 17.1 Å². The van der Waals surface area contributed by atoms with Crippen LogP contribution in [0.4, 0.5) is 0 Å². The summed E-state index contributed by atoms with van der Waals surface area (Å²) in [6, 6.07) is 0. The van der Waals surface area contributed by atoms with Gasteiger partial charge >= 0.3 is 0 Å². The molecule has 2 aliphatic rings. The van der Waals surface area contributed by atoms with Crippen molar-refractivity contribution in [2.75, 3.05) is 0 Å². The third-order valence-corrected chi connectivity index (χ3v) is 4.20. The lowest BCUT2D eigenvalue weighted by Crippen LogP contribution is -2.25. The lowest BCUT2D eigenvalue weighted by molar-refractivity contribution is 0.110. The quantitative estimate of drug-likeness (QED) is 0.576. The van der Waals surface area contributed by atoms with Gasteiger partial charge in [0.15, 0.2) is 0 Å². The van der Waals surface area contributed by atoms with Gasteiger partial charge in [-0.05, 0) is 35.9 Å². The molecule has 0 aromatic rings. The van der Waals surface area contributed by atoms with Crippen LogP contribution in [-0.4, -0.2) is 12.2 Å². The standard InChI is InChI=1S/C6H10ClO2PS/c7-10(11)8-5-3-1-2-4-6(5)9-10/h5-6H,1-4H2. The highest BCUT2D eigenvalue weighted by Gasteiger charge is 2.40. The van der Waals surface area contributed by atoms with Crippen LogP contribution in [-0.2, 0) is 20.9 Å². The van der Waals surface area contributed by atoms with Gasteiger partial charge in [0.25, 0.3) is 5.84 Å². The predicted molar refractivity (Wildman–Crippen MR) is 48.4 cm³/mol. The maximum Gasteiger partial charge on any atom is 0.282 e. The zero-order valence-electron chi connectivity index (χ0n) is 6.03. The fraction of sp³-hybridized carbons (Fsp3) is 1.00. The van der Waals surface area contributed by atoms with Gasteiger partial charge in [-0.3, -0.25) is 0 Å². The molecule has 1 heterocycles. The van der Waals surface area contributed by atoms with Crippen molar-refractivity contribution in [1.82, 2.24) is 0 Å². The maximum atomic E-state index is 5.82. The Morgan fingerprint density at radius 1 is 1.18 bits per heavy atom. The molecule has 0 bridgehead atoms. The Morgan fingerprint density at radius 3 is 2.09 bits per heavy atom. The smallest absolute Gasteiger partial charge is 0.282 e. The van der Waals surface area contributed by atoms with Crippen LogP contribution in [0.5, 0.6) is 0 Å². The SMILES string of the molecule is S=P1(Cl)OC2CCCCC2O1. The molecular weight excluding hydrogens is 203 g/mol. The highest BCUT2D eigenvalue weighted by atomic mass is 35.7.